The molecule has 0 radical (unpaired) electrons. The number of hydrogen-bond donors (Lipinski definition) is 1. The van der Waals surface area contributed by atoms with Crippen LogP contribution in [0.15, 0.2) is 18.2 Å². The fraction of sp³-hybridized carbons (Fsp3) is 0.429. The zero-order chi connectivity index (χ0) is 14.9. The molecule has 2 unspecified atom stereocenters. The number of hydrogen-bond acceptors (Lipinski definition) is 2. The number of benzene rings is 1. The Kier molecular flexibility index (Phi) is 4.55. The van der Waals surface area contributed by atoms with E-state index in [9.17, 15) is 9.59 Å². The zero-order valence-electron chi connectivity index (χ0n) is 11.3. The molecule has 0 bridgehead atoms. The number of carbonyl (C=O) groups is 2. The lowest BCUT2D eigenvalue weighted by atomic mass is 10.1. The third-order valence-corrected chi connectivity index (χ3v) is 3.96. The number of nitrogens with one attached hydrogen (secondary N) is 1. The van der Waals surface area contributed by atoms with Crippen molar-refractivity contribution in [1.29, 1.82) is 0 Å². The van der Waals surface area contributed by atoms with Gasteiger partial charge >= 0.3 is 0 Å². The molecule has 2 rings (SSSR count). The van der Waals surface area contributed by atoms with Gasteiger partial charge in [-0.2, -0.15) is 0 Å². The highest BCUT2D eigenvalue weighted by Crippen LogP contribution is 2.49. The minimum Gasteiger partial charge on any atom is -0.347 e. The van der Waals surface area contributed by atoms with Crippen molar-refractivity contribution >= 4 is 35.0 Å². The fourth-order valence-corrected chi connectivity index (χ4v) is 2.63. The summed E-state index contributed by atoms with van der Waals surface area (Å²) in [6.07, 6.45) is 0.753. The first-order valence-corrected chi connectivity index (χ1v) is 7.08. The van der Waals surface area contributed by atoms with E-state index in [-0.39, 0.29) is 30.2 Å². The lowest BCUT2D eigenvalue weighted by molar-refractivity contribution is -0.131. The molecule has 6 heteroatoms. The highest BCUT2D eigenvalue weighted by molar-refractivity contribution is 6.35. The van der Waals surface area contributed by atoms with Crippen LogP contribution in [0, 0.1) is 5.92 Å². The predicted molar refractivity (Wildman–Crippen MR) is 79.0 cm³/mol. The van der Waals surface area contributed by atoms with E-state index in [4.69, 9.17) is 23.2 Å². The van der Waals surface area contributed by atoms with E-state index in [0.717, 1.165) is 12.0 Å². The molecule has 1 aromatic rings. The first kappa shape index (κ1) is 15.1. The Bertz CT molecular complexity index is 546. The summed E-state index contributed by atoms with van der Waals surface area (Å²) in [7, 11) is 3.31. The van der Waals surface area contributed by atoms with Gasteiger partial charge in [-0.25, -0.2) is 0 Å². The van der Waals surface area contributed by atoms with Gasteiger partial charge in [-0.1, -0.05) is 29.3 Å². The minimum atomic E-state index is -0.125. The molecule has 2 amide bonds. The second-order valence-corrected chi connectivity index (χ2v) is 5.96. The van der Waals surface area contributed by atoms with Crippen LogP contribution < -0.4 is 5.32 Å². The molecule has 108 valence electrons. The van der Waals surface area contributed by atoms with Crippen molar-refractivity contribution in [2.24, 2.45) is 5.92 Å². The lowest BCUT2D eigenvalue weighted by Gasteiger charge is -2.11. The average Bonchev–Trinajstić information content (AvgIpc) is 3.15. The van der Waals surface area contributed by atoms with E-state index >= 15 is 0 Å². The van der Waals surface area contributed by atoms with Crippen molar-refractivity contribution in [3.8, 4) is 0 Å². The van der Waals surface area contributed by atoms with Crippen LogP contribution in [-0.2, 0) is 9.59 Å². The molecule has 0 saturated heterocycles. The van der Waals surface area contributed by atoms with Crippen LogP contribution in [0.1, 0.15) is 17.9 Å². The Labute approximate surface area is 128 Å². The quantitative estimate of drug-likeness (QED) is 0.927. The molecule has 20 heavy (non-hydrogen) atoms. The van der Waals surface area contributed by atoms with Crippen LogP contribution >= 0.6 is 23.2 Å². The monoisotopic (exact) mass is 314 g/mol. The lowest BCUT2D eigenvalue weighted by Crippen LogP contribution is -2.37. The van der Waals surface area contributed by atoms with E-state index in [1.165, 1.54) is 4.90 Å². The van der Waals surface area contributed by atoms with Crippen molar-refractivity contribution in [3.63, 3.8) is 0 Å². The van der Waals surface area contributed by atoms with Gasteiger partial charge in [0, 0.05) is 30.1 Å². The van der Waals surface area contributed by atoms with Gasteiger partial charge in [-0.15, -0.1) is 0 Å². The number of nitrogens with zero attached hydrogens (tertiary/aromatic N) is 1. The van der Waals surface area contributed by atoms with E-state index in [2.05, 4.69) is 5.32 Å². The van der Waals surface area contributed by atoms with Crippen LogP contribution in [0.25, 0.3) is 0 Å². The van der Waals surface area contributed by atoms with Crippen molar-refractivity contribution in [3.05, 3.63) is 33.8 Å². The number of carbonyl (C=O) groups excluding carboxylic acids is 2. The molecule has 4 nitrogen and oxygen atoms in total. The Morgan fingerprint density at radius 1 is 1.35 bits per heavy atom. The summed E-state index contributed by atoms with van der Waals surface area (Å²) in [4.78, 5) is 24.8. The number of rotatable bonds is 4. The largest absolute Gasteiger partial charge is 0.347 e. The summed E-state index contributed by atoms with van der Waals surface area (Å²) < 4.78 is 0. The summed E-state index contributed by atoms with van der Waals surface area (Å²) in [5.41, 5.74) is 0.940. The highest BCUT2D eigenvalue weighted by Gasteiger charge is 2.44. The van der Waals surface area contributed by atoms with Gasteiger partial charge in [0.2, 0.25) is 11.8 Å². The molecular formula is C14H16Cl2N2O2. The second kappa shape index (κ2) is 6.02. The van der Waals surface area contributed by atoms with Crippen molar-refractivity contribution in [1.82, 2.24) is 10.2 Å². The summed E-state index contributed by atoms with van der Waals surface area (Å²) >= 11 is 12.0. The van der Waals surface area contributed by atoms with Crippen molar-refractivity contribution in [2.75, 3.05) is 20.6 Å². The van der Waals surface area contributed by atoms with Crippen LogP contribution in [0.4, 0.5) is 0 Å². The maximum absolute atomic E-state index is 11.9. The Morgan fingerprint density at radius 2 is 2.05 bits per heavy atom. The Hall–Kier alpha value is -1.26. The van der Waals surface area contributed by atoms with Crippen LogP contribution in [0.3, 0.4) is 0 Å². The predicted octanol–water partition coefficient (Wildman–Crippen LogP) is 2.30. The topological polar surface area (TPSA) is 49.4 Å². The van der Waals surface area contributed by atoms with Crippen LogP contribution in [0.5, 0.6) is 0 Å². The Morgan fingerprint density at radius 3 is 2.65 bits per heavy atom. The summed E-state index contributed by atoms with van der Waals surface area (Å²) in [5, 5.41) is 3.82. The molecule has 1 fully saturated rings. The molecule has 0 aromatic heterocycles. The average molecular weight is 315 g/mol. The van der Waals surface area contributed by atoms with Crippen LogP contribution in [-0.4, -0.2) is 37.4 Å². The maximum atomic E-state index is 11.9. The summed E-state index contributed by atoms with van der Waals surface area (Å²) in [5.74, 6) is -0.214. The molecule has 0 aliphatic heterocycles. The molecule has 1 aromatic carbocycles. The van der Waals surface area contributed by atoms with E-state index < -0.39 is 0 Å². The third kappa shape index (κ3) is 3.44. The molecule has 2 atom stereocenters. The fourth-order valence-electron chi connectivity index (χ4n) is 2.08. The minimum absolute atomic E-state index is 0.0312. The van der Waals surface area contributed by atoms with Gasteiger partial charge in [0.25, 0.3) is 0 Å². The molecule has 1 N–H and O–H groups in total. The normalized spacial score (nSPS) is 20.4. The van der Waals surface area contributed by atoms with Crippen molar-refractivity contribution < 1.29 is 9.59 Å². The Balaban J connectivity index is 1.91. The SMILES string of the molecule is CN(C)C(=O)CNC(=O)C1CC1c1ccc(Cl)cc1Cl. The van der Waals surface area contributed by atoms with E-state index in [1.54, 1.807) is 26.2 Å². The molecule has 0 heterocycles. The van der Waals surface area contributed by atoms with E-state index in [0.29, 0.717) is 10.0 Å². The van der Waals surface area contributed by atoms with E-state index in [1.807, 2.05) is 6.07 Å². The maximum Gasteiger partial charge on any atom is 0.241 e. The van der Waals surface area contributed by atoms with Gasteiger partial charge in [0.1, 0.15) is 0 Å². The molecule has 1 aliphatic rings. The number of halogens is 2. The number of likely N-dealkylation sites (N-methyl/N-ethyl adjacent to an activating group) is 1. The molecule has 1 aliphatic carbocycles. The molecular weight excluding hydrogens is 299 g/mol. The second-order valence-electron chi connectivity index (χ2n) is 5.12. The molecule has 0 spiro atoms. The highest BCUT2D eigenvalue weighted by atomic mass is 35.5. The number of amides is 2. The van der Waals surface area contributed by atoms with Gasteiger partial charge in [-0.05, 0) is 30.0 Å². The first-order chi connectivity index (χ1) is 9.40. The molecule has 1 saturated carbocycles. The zero-order valence-corrected chi connectivity index (χ0v) is 12.8. The first-order valence-electron chi connectivity index (χ1n) is 6.33. The standard InChI is InChI=1S/C14H16Cl2N2O2/c1-18(2)13(19)7-17-14(20)11-6-10(11)9-4-3-8(15)5-12(9)16/h3-5,10-11H,6-7H2,1-2H3,(H,17,20). The van der Waals surface area contributed by atoms with Gasteiger partial charge in [-0.3, -0.25) is 9.59 Å². The smallest absolute Gasteiger partial charge is 0.241 e. The summed E-state index contributed by atoms with van der Waals surface area (Å²) in [6, 6.07) is 5.31. The summed E-state index contributed by atoms with van der Waals surface area (Å²) in [6.45, 7) is 0.0312. The van der Waals surface area contributed by atoms with Gasteiger partial charge < -0.3 is 10.2 Å². The van der Waals surface area contributed by atoms with Crippen molar-refractivity contribution in [2.45, 2.75) is 12.3 Å². The van der Waals surface area contributed by atoms with Crippen LogP contribution in [0.2, 0.25) is 10.0 Å². The van der Waals surface area contributed by atoms with Gasteiger partial charge in [0.15, 0.2) is 0 Å². The third-order valence-electron chi connectivity index (χ3n) is 3.40. The van der Waals surface area contributed by atoms with Gasteiger partial charge in [0.05, 0.1) is 6.54 Å².